The lowest BCUT2D eigenvalue weighted by Gasteiger charge is -2.31. The predicted molar refractivity (Wildman–Crippen MR) is 128 cm³/mol. The summed E-state index contributed by atoms with van der Waals surface area (Å²) >= 11 is 13.5. The third-order valence-electron chi connectivity index (χ3n) is 6.27. The van der Waals surface area contributed by atoms with E-state index in [0.29, 0.717) is 45.3 Å². The van der Waals surface area contributed by atoms with Crippen LogP contribution in [0.5, 0.6) is 0 Å². The van der Waals surface area contributed by atoms with Crippen LogP contribution in [0, 0.1) is 5.92 Å². The molecule has 1 aliphatic carbocycles. The van der Waals surface area contributed by atoms with E-state index in [0.717, 1.165) is 31.2 Å². The number of fused-ring (bicyclic) bond motifs is 1. The van der Waals surface area contributed by atoms with E-state index in [1.54, 1.807) is 22.4 Å². The van der Waals surface area contributed by atoms with Crippen molar-refractivity contribution in [1.29, 1.82) is 0 Å². The van der Waals surface area contributed by atoms with Crippen LogP contribution in [-0.4, -0.2) is 40.8 Å². The average Bonchev–Trinajstić information content (AvgIpc) is 3.37. The first-order valence-electron chi connectivity index (χ1n) is 11.0. The van der Waals surface area contributed by atoms with Crippen molar-refractivity contribution >= 4 is 57.5 Å². The van der Waals surface area contributed by atoms with Crippen molar-refractivity contribution in [3.63, 3.8) is 0 Å². The van der Waals surface area contributed by atoms with Crippen molar-refractivity contribution in [3.05, 3.63) is 44.4 Å². The zero-order valence-electron chi connectivity index (χ0n) is 18.2. The van der Waals surface area contributed by atoms with Gasteiger partial charge in [0.05, 0.1) is 29.3 Å². The number of esters is 1. The number of ether oxygens (including phenoxy) is 1. The number of rotatable bonds is 7. The minimum Gasteiger partial charge on any atom is -0.469 e. The van der Waals surface area contributed by atoms with Gasteiger partial charge in [-0.1, -0.05) is 55.3 Å². The molecule has 1 aliphatic heterocycles. The van der Waals surface area contributed by atoms with Gasteiger partial charge in [-0.3, -0.25) is 14.4 Å². The smallest absolute Gasteiger partial charge is 0.311 e. The molecule has 2 aliphatic rings. The van der Waals surface area contributed by atoms with Gasteiger partial charge in [-0.2, -0.15) is 0 Å². The second-order valence-corrected chi connectivity index (χ2v) is 10.2. The molecular formula is C23H25Cl2N3O4S. The summed E-state index contributed by atoms with van der Waals surface area (Å²) in [4.78, 5) is 44.1. The Hall–Kier alpha value is -2.16. The molecule has 0 saturated heterocycles. The lowest BCUT2D eigenvalue weighted by atomic mass is 9.84. The number of methoxy groups -OCH3 is 1. The van der Waals surface area contributed by atoms with Gasteiger partial charge < -0.3 is 15.0 Å². The zero-order valence-corrected chi connectivity index (χ0v) is 20.6. The summed E-state index contributed by atoms with van der Waals surface area (Å²) < 4.78 is 4.67. The second kappa shape index (κ2) is 10.4. The normalized spacial score (nSPS) is 17.1. The molecule has 1 aromatic heterocycles. The number of halogens is 2. The molecule has 7 nitrogen and oxygen atoms in total. The predicted octanol–water partition coefficient (Wildman–Crippen LogP) is 5.10. The van der Waals surface area contributed by atoms with Gasteiger partial charge in [0.15, 0.2) is 5.13 Å². The molecule has 1 atom stereocenters. The van der Waals surface area contributed by atoms with Gasteiger partial charge in [-0.25, -0.2) is 4.98 Å². The molecule has 1 N–H and O–H groups in total. The minimum atomic E-state index is -0.640. The summed E-state index contributed by atoms with van der Waals surface area (Å²) in [5.74, 6) is -0.515. The first-order valence-corrected chi connectivity index (χ1v) is 12.6. The molecule has 2 heterocycles. The summed E-state index contributed by atoms with van der Waals surface area (Å²) in [5.41, 5.74) is 1.78. The molecule has 10 heteroatoms. The first kappa shape index (κ1) is 24.0. The van der Waals surface area contributed by atoms with E-state index in [9.17, 15) is 14.4 Å². The van der Waals surface area contributed by atoms with Crippen LogP contribution in [0.4, 0.5) is 5.13 Å². The SMILES string of the molecule is COC(=O)Cc1csc(NC(=O)[C@H](CC2CCCCC2)N2Cc3cc(Cl)c(Cl)cc3C2=O)n1. The maximum atomic E-state index is 13.4. The highest BCUT2D eigenvalue weighted by Crippen LogP contribution is 2.35. The van der Waals surface area contributed by atoms with Crippen LogP contribution >= 0.6 is 34.5 Å². The average molecular weight is 510 g/mol. The van der Waals surface area contributed by atoms with Crippen LogP contribution in [0.3, 0.4) is 0 Å². The second-order valence-electron chi connectivity index (χ2n) is 8.50. The summed E-state index contributed by atoms with van der Waals surface area (Å²) in [5, 5.41) is 5.67. The number of amides is 2. The largest absolute Gasteiger partial charge is 0.469 e. The zero-order chi connectivity index (χ0) is 23.5. The molecule has 2 aromatic rings. The Morgan fingerprint density at radius 1 is 1.24 bits per heavy atom. The standard InChI is InChI=1S/C23H25Cl2N3O4S/c1-32-20(29)9-15-12-33-23(26-15)27-21(30)19(7-13-5-3-2-4-6-13)28-11-14-8-17(24)18(25)10-16(14)22(28)31/h8,10,12-13,19H,2-7,9,11H2,1H3,(H,26,27,30)/t19-/m0/s1. The topological polar surface area (TPSA) is 88.6 Å². The van der Waals surface area contributed by atoms with Gasteiger partial charge >= 0.3 is 5.97 Å². The molecule has 0 unspecified atom stereocenters. The highest BCUT2D eigenvalue weighted by molar-refractivity contribution is 7.13. The molecule has 1 saturated carbocycles. The number of hydrogen-bond acceptors (Lipinski definition) is 6. The Morgan fingerprint density at radius 2 is 1.97 bits per heavy atom. The molecule has 176 valence electrons. The van der Waals surface area contributed by atoms with Gasteiger partial charge in [0, 0.05) is 17.5 Å². The van der Waals surface area contributed by atoms with Gasteiger partial charge in [0.1, 0.15) is 6.04 Å². The molecule has 0 bridgehead atoms. The number of nitrogens with zero attached hydrogens (tertiary/aromatic N) is 2. The van der Waals surface area contributed by atoms with E-state index in [2.05, 4.69) is 15.0 Å². The molecule has 0 radical (unpaired) electrons. The molecule has 4 rings (SSSR count). The monoisotopic (exact) mass is 509 g/mol. The van der Waals surface area contributed by atoms with Crippen molar-refractivity contribution in [2.75, 3.05) is 12.4 Å². The maximum absolute atomic E-state index is 13.4. The molecule has 2 amide bonds. The Morgan fingerprint density at radius 3 is 2.70 bits per heavy atom. The Kier molecular flexibility index (Phi) is 7.56. The number of benzene rings is 1. The Balaban J connectivity index is 1.54. The van der Waals surface area contributed by atoms with Gasteiger partial charge in [0.25, 0.3) is 5.91 Å². The van der Waals surface area contributed by atoms with Crippen LogP contribution in [0.15, 0.2) is 17.5 Å². The fraction of sp³-hybridized carbons (Fsp3) is 0.478. The van der Waals surface area contributed by atoms with Gasteiger partial charge in [-0.15, -0.1) is 11.3 Å². The van der Waals surface area contributed by atoms with E-state index >= 15 is 0 Å². The molecular weight excluding hydrogens is 485 g/mol. The van der Waals surface area contributed by atoms with Crippen molar-refractivity contribution in [3.8, 4) is 0 Å². The summed E-state index contributed by atoms with van der Waals surface area (Å²) in [6.07, 6.45) is 6.22. The van der Waals surface area contributed by atoms with E-state index in [4.69, 9.17) is 23.2 Å². The third-order valence-corrected chi connectivity index (χ3v) is 7.80. The van der Waals surface area contributed by atoms with Crippen LogP contribution in [0.25, 0.3) is 0 Å². The number of hydrogen-bond donors (Lipinski definition) is 1. The van der Waals surface area contributed by atoms with E-state index in [1.165, 1.54) is 24.9 Å². The number of nitrogens with one attached hydrogen (secondary N) is 1. The van der Waals surface area contributed by atoms with Crippen LogP contribution in [-0.2, 0) is 27.3 Å². The quantitative estimate of drug-likeness (QED) is 0.524. The lowest BCUT2D eigenvalue weighted by molar-refractivity contribution is -0.139. The Labute approximate surface area is 206 Å². The third kappa shape index (κ3) is 5.50. The van der Waals surface area contributed by atoms with Crippen molar-refractivity contribution < 1.29 is 19.1 Å². The van der Waals surface area contributed by atoms with Gasteiger partial charge in [0.2, 0.25) is 5.91 Å². The van der Waals surface area contributed by atoms with E-state index in [-0.39, 0.29) is 18.2 Å². The number of thiazole rings is 1. The van der Waals surface area contributed by atoms with Crippen LogP contribution < -0.4 is 5.32 Å². The van der Waals surface area contributed by atoms with Crippen LogP contribution in [0.1, 0.15) is 60.1 Å². The number of carbonyl (C=O) groups is 3. The summed E-state index contributed by atoms with van der Waals surface area (Å²) in [7, 11) is 1.32. The molecule has 33 heavy (non-hydrogen) atoms. The lowest BCUT2D eigenvalue weighted by Crippen LogP contribution is -2.45. The van der Waals surface area contributed by atoms with Crippen molar-refractivity contribution in [2.24, 2.45) is 5.92 Å². The first-order chi connectivity index (χ1) is 15.9. The number of carbonyl (C=O) groups excluding carboxylic acids is 3. The highest BCUT2D eigenvalue weighted by Gasteiger charge is 2.38. The van der Waals surface area contributed by atoms with Crippen LogP contribution in [0.2, 0.25) is 10.0 Å². The molecule has 1 fully saturated rings. The Bertz CT molecular complexity index is 1070. The van der Waals surface area contributed by atoms with Crippen molar-refractivity contribution in [1.82, 2.24) is 9.88 Å². The number of anilines is 1. The maximum Gasteiger partial charge on any atom is 0.311 e. The van der Waals surface area contributed by atoms with Crippen molar-refractivity contribution in [2.45, 2.75) is 57.5 Å². The van der Waals surface area contributed by atoms with Gasteiger partial charge in [-0.05, 0) is 30.0 Å². The number of aromatic nitrogens is 1. The van der Waals surface area contributed by atoms with E-state index < -0.39 is 12.0 Å². The fourth-order valence-corrected chi connectivity index (χ4v) is 5.61. The summed E-state index contributed by atoms with van der Waals surface area (Å²) in [6.45, 7) is 0.307. The minimum absolute atomic E-state index is 0.0375. The molecule has 1 aromatic carbocycles. The molecule has 0 spiro atoms. The summed E-state index contributed by atoms with van der Waals surface area (Å²) in [6, 6.07) is 2.64. The highest BCUT2D eigenvalue weighted by atomic mass is 35.5. The van der Waals surface area contributed by atoms with E-state index in [1.807, 2.05) is 0 Å². The fourth-order valence-electron chi connectivity index (χ4n) is 4.55.